The van der Waals surface area contributed by atoms with E-state index >= 15 is 0 Å². The Bertz CT molecular complexity index is 748. The molecule has 0 aliphatic carbocycles. The fourth-order valence-corrected chi connectivity index (χ4v) is 2.07. The van der Waals surface area contributed by atoms with Crippen molar-refractivity contribution in [1.29, 1.82) is 0 Å². The van der Waals surface area contributed by atoms with E-state index in [1.54, 1.807) is 24.3 Å². The van der Waals surface area contributed by atoms with Crippen molar-refractivity contribution in [2.75, 3.05) is 23.9 Å². The third kappa shape index (κ3) is 4.28. The number of ether oxygens (including phenoxy) is 1. The number of methoxy groups -OCH3 is 1. The minimum Gasteiger partial charge on any atom is -0.497 e. The Hall–Kier alpha value is -2.96. The van der Waals surface area contributed by atoms with Crippen LogP contribution < -0.4 is 15.0 Å². The molecule has 0 heterocycles. The lowest BCUT2D eigenvalue weighted by molar-refractivity contribution is -0.120. The topological polar surface area (TPSA) is 58.6 Å². The summed E-state index contributed by atoms with van der Waals surface area (Å²) >= 11 is 0. The van der Waals surface area contributed by atoms with Crippen LogP contribution in [0.1, 0.15) is 6.92 Å². The summed E-state index contributed by atoms with van der Waals surface area (Å²) in [6, 6.07) is 9.39. The first-order valence-electron chi connectivity index (χ1n) is 7.07. The molecule has 126 valence electrons. The maximum atomic E-state index is 13.6. The zero-order valence-corrected chi connectivity index (χ0v) is 13.2. The molecule has 0 unspecified atom stereocenters. The average Bonchev–Trinajstić information content (AvgIpc) is 2.55. The fraction of sp³-hybridized carbons (Fsp3) is 0.176. The Morgan fingerprint density at radius 1 is 1.12 bits per heavy atom. The quantitative estimate of drug-likeness (QED) is 0.914. The second kappa shape index (κ2) is 7.54. The van der Waals surface area contributed by atoms with Crippen LogP contribution in [-0.2, 0) is 9.59 Å². The Kier molecular flexibility index (Phi) is 5.47. The first-order chi connectivity index (χ1) is 11.4. The van der Waals surface area contributed by atoms with E-state index in [0.717, 1.165) is 12.1 Å². The molecule has 7 heteroatoms. The molecule has 0 aliphatic heterocycles. The molecule has 0 bridgehead atoms. The number of hydrogen-bond acceptors (Lipinski definition) is 3. The molecule has 0 aliphatic rings. The van der Waals surface area contributed by atoms with Gasteiger partial charge in [-0.1, -0.05) is 0 Å². The van der Waals surface area contributed by atoms with Gasteiger partial charge in [0.15, 0.2) is 0 Å². The van der Waals surface area contributed by atoms with Gasteiger partial charge in [-0.15, -0.1) is 0 Å². The van der Waals surface area contributed by atoms with Crippen molar-refractivity contribution in [2.24, 2.45) is 0 Å². The molecule has 0 saturated heterocycles. The van der Waals surface area contributed by atoms with Crippen molar-refractivity contribution in [3.8, 4) is 5.75 Å². The van der Waals surface area contributed by atoms with Crippen LogP contribution in [0.3, 0.4) is 0 Å². The van der Waals surface area contributed by atoms with Crippen molar-refractivity contribution in [3.05, 3.63) is 54.1 Å². The van der Waals surface area contributed by atoms with E-state index in [2.05, 4.69) is 5.32 Å². The Morgan fingerprint density at radius 3 is 2.33 bits per heavy atom. The Labute approximate surface area is 137 Å². The van der Waals surface area contributed by atoms with Crippen LogP contribution in [0.2, 0.25) is 0 Å². The SMILES string of the molecule is COc1ccc(N(CC(=O)Nc2ccc(F)cc2F)C(C)=O)cc1. The van der Waals surface area contributed by atoms with Gasteiger partial charge in [-0.25, -0.2) is 8.78 Å². The molecule has 2 aromatic carbocycles. The Morgan fingerprint density at radius 2 is 1.79 bits per heavy atom. The smallest absolute Gasteiger partial charge is 0.244 e. The highest BCUT2D eigenvalue weighted by molar-refractivity contribution is 6.01. The maximum Gasteiger partial charge on any atom is 0.244 e. The summed E-state index contributed by atoms with van der Waals surface area (Å²) in [6.45, 7) is 1.01. The zero-order chi connectivity index (χ0) is 17.7. The van der Waals surface area contributed by atoms with E-state index in [9.17, 15) is 18.4 Å². The summed E-state index contributed by atoms with van der Waals surface area (Å²) < 4.78 is 31.5. The van der Waals surface area contributed by atoms with Crippen molar-refractivity contribution in [2.45, 2.75) is 6.92 Å². The molecule has 2 rings (SSSR count). The molecule has 0 fully saturated rings. The number of rotatable bonds is 5. The van der Waals surface area contributed by atoms with Crippen molar-refractivity contribution in [3.63, 3.8) is 0 Å². The minimum absolute atomic E-state index is 0.153. The lowest BCUT2D eigenvalue weighted by Gasteiger charge is -2.21. The molecule has 5 nitrogen and oxygen atoms in total. The van der Waals surface area contributed by atoms with E-state index in [1.165, 1.54) is 18.9 Å². The number of carbonyl (C=O) groups is 2. The fourth-order valence-electron chi connectivity index (χ4n) is 2.07. The van der Waals surface area contributed by atoms with E-state index < -0.39 is 17.5 Å². The molecule has 2 amide bonds. The molecule has 0 radical (unpaired) electrons. The number of amides is 2. The second-order valence-electron chi connectivity index (χ2n) is 4.98. The van der Waals surface area contributed by atoms with Gasteiger partial charge in [-0.2, -0.15) is 0 Å². The molecule has 0 saturated carbocycles. The van der Waals surface area contributed by atoms with Crippen LogP contribution in [0.4, 0.5) is 20.2 Å². The second-order valence-corrected chi connectivity index (χ2v) is 4.98. The highest BCUT2D eigenvalue weighted by Gasteiger charge is 2.17. The number of anilines is 2. The predicted molar refractivity (Wildman–Crippen MR) is 86.0 cm³/mol. The number of carbonyl (C=O) groups excluding carboxylic acids is 2. The lowest BCUT2D eigenvalue weighted by atomic mass is 10.2. The summed E-state index contributed by atoms with van der Waals surface area (Å²) in [5.41, 5.74) is 0.345. The summed E-state index contributed by atoms with van der Waals surface area (Å²) in [7, 11) is 1.52. The highest BCUT2D eigenvalue weighted by Crippen LogP contribution is 2.20. The molecular weight excluding hydrogens is 318 g/mol. The van der Waals surface area contributed by atoms with Crippen molar-refractivity contribution in [1.82, 2.24) is 0 Å². The maximum absolute atomic E-state index is 13.6. The largest absolute Gasteiger partial charge is 0.497 e. The minimum atomic E-state index is -0.887. The summed E-state index contributed by atoms with van der Waals surface area (Å²) in [4.78, 5) is 25.1. The van der Waals surface area contributed by atoms with Gasteiger partial charge in [-0.05, 0) is 36.4 Å². The summed E-state index contributed by atoms with van der Waals surface area (Å²) in [6.07, 6.45) is 0. The van der Waals surface area contributed by atoms with Crippen LogP contribution in [0, 0.1) is 11.6 Å². The highest BCUT2D eigenvalue weighted by atomic mass is 19.1. The average molecular weight is 334 g/mol. The molecule has 0 aromatic heterocycles. The molecule has 0 spiro atoms. The van der Waals surface area contributed by atoms with Crippen LogP contribution in [0.15, 0.2) is 42.5 Å². The van der Waals surface area contributed by atoms with Crippen LogP contribution >= 0.6 is 0 Å². The summed E-state index contributed by atoms with van der Waals surface area (Å²) in [5, 5.41) is 2.32. The molecule has 24 heavy (non-hydrogen) atoms. The van der Waals surface area contributed by atoms with Gasteiger partial charge < -0.3 is 15.0 Å². The van der Waals surface area contributed by atoms with E-state index in [-0.39, 0.29) is 18.1 Å². The normalized spacial score (nSPS) is 10.2. The van der Waals surface area contributed by atoms with Gasteiger partial charge in [0, 0.05) is 18.7 Å². The number of nitrogens with one attached hydrogen (secondary N) is 1. The van der Waals surface area contributed by atoms with Gasteiger partial charge in [0.05, 0.1) is 12.8 Å². The van der Waals surface area contributed by atoms with Crippen molar-refractivity contribution < 1.29 is 23.1 Å². The van der Waals surface area contributed by atoms with E-state index in [4.69, 9.17) is 4.74 Å². The predicted octanol–water partition coefficient (Wildman–Crippen LogP) is 2.97. The number of nitrogens with zero attached hydrogens (tertiary/aromatic N) is 1. The van der Waals surface area contributed by atoms with Gasteiger partial charge in [-0.3, -0.25) is 9.59 Å². The number of halogens is 2. The van der Waals surface area contributed by atoms with Gasteiger partial charge in [0.1, 0.15) is 23.9 Å². The van der Waals surface area contributed by atoms with Crippen molar-refractivity contribution >= 4 is 23.2 Å². The standard InChI is InChI=1S/C17H16F2N2O3/c1-11(22)21(13-4-6-14(24-2)7-5-13)10-17(23)20-16-8-3-12(18)9-15(16)19/h3-9H,10H2,1-2H3,(H,20,23). The zero-order valence-electron chi connectivity index (χ0n) is 13.2. The van der Waals surface area contributed by atoms with Crippen LogP contribution in [0.5, 0.6) is 5.75 Å². The van der Waals surface area contributed by atoms with E-state index in [1.807, 2.05) is 0 Å². The summed E-state index contributed by atoms with van der Waals surface area (Å²) in [5.74, 6) is -1.97. The molecule has 2 aromatic rings. The first kappa shape index (κ1) is 17.4. The van der Waals surface area contributed by atoms with Gasteiger partial charge in [0.25, 0.3) is 0 Å². The monoisotopic (exact) mass is 334 g/mol. The third-order valence-corrected chi connectivity index (χ3v) is 3.27. The van der Waals surface area contributed by atoms with Gasteiger partial charge >= 0.3 is 0 Å². The number of benzene rings is 2. The van der Waals surface area contributed by atoms with E-state index in [0.29, 0.717) is 17.5 Å². The third-order valence-electron chi connectivity index (χ3n) is 3.27. The van der Waals surface area contributed by atoms with Crippen LogP contribution in [-0.4, -0.2) is 25.5 Å². The first-order valence-corrected chi connectivity index (χ1v) is 7.07. The molecular formula is C17H16F2N2O3. The number of hydrogen-bond donors (Lipinski definition) is 1. The lowest BCUT2D eigenvalue weighted by Crippen LogP contribution is -2.36. The Balaban J connectivity index is 2.11. The molecule has 0 atom stereocenters. The molecule has 1 N–H and O–H groups in total. The van der Waals surface area contributed by atoms with Crippen LogP contribution in [0.25, 0.3) is 0 Å². The van der Waals surface area contributed by atoms with Gasteiger partial charge in [0.2, 0.25) is 11.8 Å².